The van der Waals surface area contributed by atoms with E-state index in [1.54, 1.807) is 12.1 Å². The topological polar surface area (TPSA) is 24.1 Å². The number of nitrogens with one attached hydrogen (secondary N) is 2. The van der Waals surface area contributed by atoms with E-state index in [-0.39, 0.29) is 0 Å². The van der Waals surface area contributed by atoms with E-state index in [1.807, 2.05) is 0 Å². The summed E-state index contributed by atoms with van der Waals surface area (Å²) in [4.78, 5) is 0. The molecule has 2 nitrogen and oxygen atoms in total. The second-order valence-electron chi connectivity index (χ2n) is 2.41. The molecule has 0 aromatic rings. The van der Waals surface area contributed by atoms with Crippen LogP contribution in [-0.2, 0) is 0 Å². The summed E-state index contributed by atoms with van der Waals surface area (Å²) in [7, 11) is 0. The summed E-state index contributed by atoms with van der Waals surface area (Å²) < 4.78 is 6.32. The average Bonchev–Trinajstić information content (AvgIpc) is 1.84. The van der Waals surface area contributed by atoms with Gasteiger partial charge in [0.05, 0.1) is 0 Å². The van der Waals surface area contributed by atoms with Crippen molar-refractivity contribution >= 4 is 12.1 Å². The van der Waals surface area contributed by atoms with Crippen molar-refractivity contribution in [1.29, 1.82) is 0 Å². The van der Waals surface area contributed by atoms with Crippen molar-refractivity contribution in [3.63, 3.8) is 0 Å². The molecule has 0 saturated carbocycles. The van der Waals surface area contributed by atoms with E-state index in [1.165, 1.54) is 0 Å². The lowest BCUT2D eigenvalue weighted by molar-refractivity contribution is 0.510. The van der Waals surface area contributed by atoms with Gasteiger partial charge in [-0.1, -0.05) is 0 Å². The molecule has 0 radical (unpaired) electrons. The molecule has 0 amide bonds. The summed E-state index contributed by atoms with van der Waals surface area (Å²) in [5, 5.41) is 0. The molecule has 0 bridgehead atoms. The Morgan fingerprint density at radius 3 is 2.43 bits per heavy atom. The van der Waals surface area contributed by atoms with Crippen LogP contribution in [0.4, 0.5) is 0 Å². The molecule has 0 aliphatic carbocycles. The zero-order valence-electron chi connectivity index (χ0n) is 4.62. The highest BCUT2D eigenvalue weighted by Gasteiger charge is 2.21. The lowest BCUT2D eigenvalue weighted by Gasteiger charge is -2.12. The van der Waals surface area contributed by atoms with Gasteiger partial charge in [-0.25, -0.2) is 9.44 Å². The van der Waals surface area contributed by atoms with E-state index >= 15 is 0 Å². The fourth-order valence-electron chi connectivity index (χ4n) is 0.427. The molecule has 0 atom stereocenters. The normalized spacial score (nSPS) is 28.3. The highest BCUT2D eigenvalue weighted by Crippen LogP contribution is 2.11. The van der Waals surface area contributed by atoms with E-state index in [0.717, 1.165) is 6.54 Å². The van der Waals surface area contributed by atoms with Gasteiger partial charge in [-0.15, -0.1) is 0 Å². The van der Waals surface area contributed by atoms with Crippen molar-refractivity contribution in [1.82, 2.24) is 9.44 Å². The van der Waals surface area contributed by atoms with Gasteiger partial charge in [0.15, 0.2) is 0 Å². The minimum absolute atomic E-state index is 0.296. The molecular weight excluding hydrogens is 108 g/mol. The molecule has 1 fully saturated rings. The highest BCUT2D eigenvalue weighted by molar-refractivity contribution is 7.95. The van der Waals surface area contributed by atoms with Gasteiger partial charge in [-0.2, -0.15) is 0 Å². The Morgan fingerprint density at radius 2 is 2.29 bits per heavy atom. The van der Waals surface area contributed by atoms with Crippen molar-refractivity contribution in [2.75, 3.05) is 6.54 Å². The van der Waals surface area contributed by atoms with Gasteiger partial charge in [0, 0.05) is 24.2 Å². The van der Waals surface area contributed by atoms with E-state index in [4.69, 9.17) is 0 Å². The molecule has 0 unspecified atom stereocenters. The maximum atomic E-state index is 3.20. The first kappa shape index (κ1) is 5.41. The first-order chi connectivity index (χ1) is 3.21. The Bertz CT molecular complexity index is 64.1. The summed E-state index contributed by atoms with van der Waals surface area (Å²) in [6.07, 6.45) is 0. The molecular formula is C4H10N2S. The average molecular weight is 118 g/mol. The van der Waals surface area contributed by atoms with Crippen molar-refractivity contribution in [3.8, 4) is 0 Å². The van der Waals surface area contributed by atoms with Crippen LogP contribution in [-0.4, -0.2) is 12.1 Å². The minimum atomic E-state index is 0.296. The number of rotatable bonds is 0. The molecule has 1 rings (SSSR count). The van der Waals surface area contributed by atoms with Crippen LogP contribution in [0.15, 0.2) is 0 Å². The van der Waals surface area contributed by atoms with Gasteiger partial charge in [0.1, 0.15) is 0 Å². The van der Waals surface area contributed by atoms with Gasteiger partial charge in [0.25, 0.3) is 0 Å². The molecule has 0 aromatic carbocycles. The molecule has 0 aromatic heterocycles. The lowest BCUT2D eigenvalue weighted by atomic mass is 10.1. The predicted molar refractivity (Wildman–Crippen MR) is 32.8 cm³/mol. The van der Waals surface area contributed by atoms with E-state index in [9.17, 15) is 0 Å². The first-order valence-electron chi connectivity index (χ1n) is 2.37. The van der Waals surface area contributed by atoms with E-state index < -0.39 is 0 Å². The van der Waals surface area contributed by atoms with Crippen LogP contribution < -0.4 is 9.44 Å². The summed E-state index contributed by atoms with van der Waals surface area (Å²) in [5.74, 6) is 0. The number of hydrogen-bond acceptors (Lipinski definition) is 3. The van der Waals surface area contributed by atoms with Gasteiger partial charge in [-0.3, -0.25) is 0 Å². The third-order valence-electron chi connectivity index (χ3n) is 0.914. The fraction of sp³-hybridized carbons (Fsp3) is 1.00. The Hall–Kier alpha value is 0.270. The van der Waals surface area contributed by atoms with Crippen LogP contribution in [0.3, 0.4) is 0 Å². The minimum Gasteiger partial charge on any atom is -0.249 e. The predicted octanol–water partition coefficient (Wildman–Crippen LogP) is 0.521. The van der Waals surface area contributed by atoms with E-state index in [0.29, 0.717) is 5.54 Å². The zero-order valence-corrected chi connectivity index (χ0v) is 5.43. The van der Waals surface area contributed by atoms with Crippen LogP contribution in [0, 0.1) is 0 Å². The molecule has 2 N–H and O–H groups in total. The second kappa shape index (κ2) is 1.65. The van der Waals surface area contributed by atoms with Crippen LogP contribution in [0.5, 0.6) is 0 Å². The Morgan fingerprint density at radius 1 is 1.57 bits per heavy atom. The quantitative estimate of drug-likeness (QED) is 0.453. The van der Waals surface area contributed by atoms with Gasteiger partial charge in [-0.05, 0) is 13.8 Å². The standard InChI is InChI=1S/C4H10N2S/c1-4(2)3-5-7-6-4/h5-6H,3H2,1-2H3. The smallest absolute Gasteiger partial charge is 0.0372 e. The van der Waals surface area contributed by atoms with Crippen LogP contribution in [0.2, 0.25) is 0 Å². The molecule has 3 heteroatoms. The largest absolute Gasteiger partial charge is 0.249 e. The summed E-state index contributed by atoms with van der Waals surface area (Å²) >= 11 is 1.58. The van der Waals surface area contributed by atoms with Crippen molar-refractivity contribution in [2.45, 2.75) is 19.4 Å². The molecule has 1 aliphatic heterocycles. The summed E-state index contributed by atoms with van der Waals surface area (Å²) in [6.45, 7) is 5.39. The molecule has 1 heterocycles. The third-order valence-corrected chi connectivity index (χ3v) is 1.86. The SMILES string of the molecule is CC1(C)CNSN1. The Labute approximate surface area is 48.3 Å². The summed E-state index contributed by atoms with van der Waals surface area (Å²) in [6, 6.07) is 0. The van der Waals surface area contributed by atoms with Crippen molar-refractivity contribution in [2.24, 2.45) is 0 Å². The summed E-state index contributed by atoms with van der Waals surface area (Å²) in [5.41, 5.74) is 0.296. The third kappa shape index (κ3) is 1.33. The Balaban J connectivity index is 2.40. The molecule has 7 heavy (non-hydrogen) atoms. The molecule has 42 valence electrons. The van der Waals surface area contributed by atoms with E-state index in [2.05, 4.69) is 23.3 Å². The van der Waals surface area contributed by atoms with Gasteiger partial charge >= 0.3 is 0 Å². The highest BCUT2D eigenvalue weighted by atomic mass is 32.2. The Kier molecular flexibility index (Phi) is 1.28. The first-order valence-corrected chi connectivity index (χ1v) is 3.18. The van der Waals surface area contributed by atoms with Crippen LogP contribution in [0.1, 0.15) is 13.8 Å². The van der Waals surface area contributed by atoms with Gasteiger partial charge in [0.2, 0.25) is 0 Å². The van der Waals surface area contributed by atoms with Gasteiger partial charge < -0.3 is 0 Å². The van der Waals surface area contributed by atoms with Crippen LogP contribution in [0.25, 0.3) is 0 Å². The molecule has 0 spiro atoms. The molecule has 1 aliphatic rings. The number of hydrogen-bond donors (Lipinski definition) is 2. The molecule has 1 saturated heterocycles. The second-order valence-corrected chi connectivity index (χ2v) is 3.11. The van der Waals surface area contributed by atoms with Crippen molar-refractivity contribution in [3.05, 3.63) is 0 Å². The maximum Gasteiger partial charge on any atom is 0.0372 e. The maximum absolute atomic E-state index is 3.20. The zero-order chi connectivity index (χ0) is 5.33. The monoisotopic (exact) mass is 118 g/mol. The lowest BCUT2D eigenvalue weighted by Crippen LogP contribution is -2.33. The van der Waals surface area contributed by atoms with Crippen LogP contribution >= 0.6 is 12.1 Å². The van der Waals surface area contributed by atoms with Crippen molar-refractivity contribution < 1.29 is 0 Å². The fourth-order valence-corrected chi connectivity index (χ4v) is 1.28.